The van der Waals surface area contributed by atoms with Crippen LogP contribution in [0.4, 0.5) is 0 Å². The summed E-state index contributed by atoms with van der Waals surface area (Å²) < 4.78 is 5.92. The number of hydrogen-bond donors (Lipinski definition) is 1. The lowest BCUT2D eigenvalue weighted by Crippen LogP contribution is -2.53. The van der Waals surface area contributed by atoms with Crippen LogP contribution in [0, 0.1) is 5.92 Å². The monoisotopic (exact) mass is 198 g/mol. The molecule has 0 radical (unpaired) electrons. The zero-order chi connectivity index (χ0) is 10.2. The Bertz CT molecular complexity index is 203. The largest absolute Gasteiger partial charge is 0.372 e. The zero-order valence-electron chi connectivity index (χ0n) is 9.33. The standard InChI is InChI=1S/C11H22N2O/c1-9(12)7-13-5-6-14-11(2,8-13)10-3-4-10/h9-10H,3-8,12H2,1-2H3. The highest BCUT2D eigenvalue weighted by molar-refractivity contribution is 4.97. The molecule has 0 aromatic carbocycles. The summed E-state index contributed by atoms with van der Waals surface area (Å²) in [6.07, 6.45) is 2.70. The van der Waals surface area contributed by atoms with E-state index in [4.69, 9.17) is 10.5 Å². The fraction of sp³-hybridized carbons (Fsp3) is 1.00. The first-order chi connectivity index (χ1) is 6.60. The van der Waals surface area contributed by atoms with Crippen molar-refractivity contribution in [2.45, 2.75) is 38.3 Å². The maximum Gasteiger partial charge on any atom is 0.0809 e. The van der Waals surface area contributed by atoms with Gasteiger partial charge in [-0.2, -0.15) is 0 Å². The average Bonchev–Trinajstić information content (AvgIpc) is 2.84. The molecular weight excluding hydrogens is 176 g/mol. The van der Waals surface area contributed by atoms with Crippen LogP contribution in [-0.2, 0) is 4.74 Å². The van der Waals surface area contributed by atoms with Crippen molar-refractivity contribution in [1.82, 2.24) is 4.90 Å². The van der Waals surface area contributed by atoms with Crippen LogP contribution < -0.4 is 5.73 Å². The van der Waals surface area contributed by atoms with E-state index in [1.165, 1.54) is 12.8 Å². The Balaban J connectivity index is 1.89. The van der Waals surface area contributed by atoms with E-state index in [2.05, 4.69) is 18.7 Å². The van der Waals surface area contributed by atoms with Crippen LogP contribution >= 0.6 is 0 Å². The number of nitrogens with zero attached hydrogens (tertiary/aromatic N) is 1. The van der Waals surface area contributed by atoms with E-state index in [1.54, 1.807) is 0 Å². The minimum atomic E-state index is 0.118. The average molecular weight is 198 g/mol. The second kappa shape index (κ2) is 3.80. The molecule has 3 nitrogen and oxygen atoms in total. The van der Waals surface area contributed by atoms with Gasteiger partial charge in [0.2, 0.25) is 0 Å². The molecule has 2 atom stereocenters. The summed E-state index contributed by atoms with van der Waals surface area (Å²) >= 11 is 0. The van der Waals surface area contributed by atoms with Gasteiger partial charge < -0.3 is 10.5 Å². The van der Waals surface area contributed by atoms with Gasteiger partial charge >= 0.3 is 0 Å². The molecule has 2 fully saturated rings. The predicted molar refractivity (Wildman–Crippen MR) is 57.2 cm³/mol. The van der Waals surface area contributed by atoms with Gasteiger partial charge in [-0.15, -0.1) is 0 Å². The summed E-state index contributed by atoms with van der Waals surface area (Å²) in [5.74, 6) is 0.804. The molecule has 2 aliphatic rings. The van der Waals surface area contributed by atoms with Crippen LogP contribution in [0.1, 0.15) is 26.7 Å². The maximum absolute atomic E-state index is 5.92. The Kier molecular flexibility index (Phi) is 2.82. The van der Waals surface area contributed by atoms with Crippen LogP contribution in [0.2, 0.25) is 0 Å². The molecule has 1 saturated heterocycles. The molecule has 14 heavy (non-hydrogen) atoms. The maximum atomic E-state index is 5.92. The first-order valence-electron chi connectivity index (χ1n) is 5.72. The molecule has 1 aliphatic carbocycles. The summed E-state index contributed by atoms with van der Waals surface area (Å²) in [6.45, 7) is 8.33. The molecule has 1 aliphatic heterocycles. The van der Waals surface area contributed by atoms with Crippen molar-refractivity contribution in [3.8, 4) is 0 Å². The van der Waals surface area contributed by atoms with E-state index in [0.29, 0.717) is 0 Å². The Morgan fingerprint density at radius 1 is 1.57 bits per heavy atom. The van der Waals surface area contributed by atoms with Crippen LogP contribution in [0.3, 0.4) is 0 Å². The van der Waals surface area contributed by atoms with Crippen molar-refractivity contribution in [3.63, 3.8) is 0 Å². The van der Waals surface area contributed by atoms with Crippen molar-refractivity contribution >= 4 is 0 Å². The predicted octanol–water partition coefficient (Wildman–Crippen LogP) is 0.834. The van der Waals surface area contributed by atoms with Crippen LogP contribution in [0.15, 0.2) is 0 Å². The van der Waals surface area contributed by atoms with Gasteiger partial charge in [0, 0.05) is 25.7 Å². The molecule has 2 rings (SSSR count). The third-order valence-electron chi connectivity index (χ3n) is 3.36. The zero-order valence-corrected chi connectivity index (χ0v) is 9.33. The van der Waals surface area contributed by atoms with Gasteiger partial charge in [0.1, 0.15) is 0 Å². The van der Waals surface area contributed by atoms with Crippen LogP contribution in [-0.4, -0.2) is 42.8 Å². The normalized spacial score (nSPS) is 37.1. The molecule has 2 unspecified atom stereocenters. The van der Waals surface area contributed by atoms with E-state index in [0.717, 1.165) is 32.2 Å². The van der Waals surface area contributed by atoms with E-state index < -0.39 is 0 Å². The highest BCUT2D eigenvalue weighted by atomic mass is 16.5. The summed E-state index contributed by atoms with van der Waals surface area (Å²) in [5, 5.41) is 0. The van der Waals surface area contributed by atoms with Crippen molar-refractivity contribution in [2.75, 3.05) is 26.2 Å². The fourth-order valence-electron chi connectivity index (χ4n) is 2.48. The highest BCUT2D eigenvalue weighted by Crippen LogP contribution is 2.43. The summed E-state index contributed by atoms with van der Waals surface area (Å²) in [6, 6.07) is 0.275. The van der Waals surface area contributed by atoms with Gasteiger partial charge in [0.05, 0.1) is 12.2 Å². The van der Waals surface area contributed by atoms with Gasteiger partial charge in [-0.05, 0) is 32.6 Å². The second-order valence-corrected chi connectivity index (χ2v) is 5.15. The summed E-state index contributed by atoms with van der Waals surface area (Å²) in [4.78, 5) is 2.45. The first-order valence-corrected chi connectivity index (χ1v) is 5.72. The lowest BCUT2D eigenvalue weighted by atomic mass is 9.97. The third kappa shape index (κ3) is 2.27. The molecule has 0 spiro atoms. The van der Waals surface area contributed by atoms with E-state index in [1.807, 2.05) is 0 Å². The Morgan fingerprint density at radius 2 is 2.29 bits per heavy atom. The minimum absolute atomic E-state index is 0.118. The fourth-order valence-corrected chi connectivity index (χ4v) is 2.48. The molecule has 82 valence electrons. The molecule has 0 aromatic rings. The Hall–Kier alpha value is -0.120. The highest BCUT2D eigenvalue weighted by Gasteiger charge is 2.45. The summed E-state index contributed by atoms with van der Waals surface area (Å²) in [7, 11) is 0. The van der Waals surface area contributed by atoms with Crippen molar-refractivity contribution in [2.24, 2.45) is 11.7 Å². The van der Waals surface area contributed by atoms with Gasteiger partial charge in [-0.1, -0.05) is 0 Å². The molecule has 1 saturated carbocycles. The van der Waals surface area contributed by atoms with Crippen molar-refractivity contribution in [3.05, 3.63) is 0 Å². The molecule has 3 heteroatoms. The van der Waals surface area contributed by atoms with Gasteiger partial charge in [-0.3, -0.25) is 4.90 Å². The number of morpholine rings is 1. The SMILES string of the molecule is CC(N)CN1CCOC(C)(C2CC2)C1. The molecule has 0 aromatic heterocycles. The Labute approximate surface area is 86.6 Å². The summed E-state index contributed by atoms with van der Waals surface area (Å²) in [5.41, 5.74) is 5.94. The molecular formula is C11H22N2O. The van der Waals surface area contributed by atoms with Crippen molar-refractivity contribution < 1.29 is 4.74 Å². The molecule has 2 N–H and O–H groups in total. The lowest BCUT2D eigenvalue weighted by molar-refractivity contribution is -0.111. The van der Waals surface area contributed by atoms with E-state index >= 15 is 0 Å². The molecule has 0 bridgehead atoms. The topological polar surface area (TPSA) is 38.5 Å². The first kappa shape index (κ1) is 10.4. The molecule has 0 amide bonds. The number of nitrogens with two attached hydrogens (primary N) is 1. The second-order valence-electron chi connectivity index (χ2n) is 5.15. The number of hydrogen-bond acceptors (Lipinski definition) is 3. The smallest absolute Gasteiger partial charge is 0.0809 e. The lowest BCUT2D eigenvalue weighted by Gasteiger charge is -2.41. The number of rotatable bonds is 3. The van der Waals surface area contributed by atoms with Crippen molar-refractivity contribution in [1.29, 1.82) is 0 Å². The van der Waals surface area contributed by atoms with Gasteiger partial charge in [-0.25, -0.2) is 0 Å². The van der Waals surface area contributed by atoms with Crippen LogP contribution in [0.5, 0.6) is 0 Å². The minimum Gasteiger partial charge on any atom is -0.372 e. The quantitative estimate of drug-likeness (QED) is 0.730. The van der Waals surface area contributed by atoms with E-state index in [9.17, 15) is 0 Å². The van der Waals surface area contributed by atoms with Gasteiger partial charge in [0.15, 0.2) is 0 Å². The Morgan fingerprint density at radius 3 is 2.86 bits per heavy atom. The molecule has 1 heterocycles. The van der Waals surface area contributed by atoms with Crippen LogP contribution in [0.25, 0.3) is 0 Å². The third-order valence-corrected chi connectivity index (χ3v) is 3.36. The number of ether oxygens (including phenoxy) is 1. The van der Waals surface area contributed by atoms with Gasteiger partial charge in [0.25, 0.3) is 0 Å². The van der Waals surface area contributed by atoms with E-state index in [-0.39, 0.29) is 11.6 Å².